The molecule has 21 heavy (non-hydrogen) atoms. The first-order valence-corrected chi connectivity index (χ1v) is 7.82. The third-order valence-electron chi connectivity index (χ3n) is 3.32. The Hall–Kier alpha value is -1.63. The molecule has 0 saturated carbocycles. The maximum atomic E-state index is 11.9. The van der Waals surface area contributed by atoms with Gasteiger partial charge in [-0.25, -0.2) is 9.78 Å². The molecule has 6 nitrogen and oxygen atoms in total. The Labute approximate surface area is 129 Å². The summed E-state index contributed by atoms with van der Waals surface area (Å²) in [5.41, 5.74) is 2.52. The molecule has 0 aliphatic carbocycles. The Balaban J connectivity index is 2.27. The number of nitrogens with one attached hydrogen (secondary N) is 1. The molecule has 0 atom stereocenters. The van der Waals surface area contributed by atoms with E-state index < -0.39 is 5.97 Å². The predicted molar refractivity (Wildman–Crippen MR) is 82.2 cm³/mol. The summed E-state index contributed by atoms with van der Waals surface area (Å²) in [6.45, 7) is 5.05. The van der Waals surface area contributed by atoms with Crippen molar-refractivity contribution in [3.05, 3.63) is 16.6 Å². The number of carboxylic acids is 1. The van der Waals surface area contributed by atoms with Crippen LogP contribution < -0.4 is 5.32 Å². The van der Waals surface area contributed by atoms with E-state index in [9.17, 15) is 9.59 Å². The molecule has 2 N–H and O–H groups in total. The average molecular weight is 313 g/mol. The molecule has 7 heteroatoms. The minimum absolute atomic E-state index is 0.0981. The zero-order chi connectivity index (χ0) is 15.9. The molecular formula is C14H23N3O3S. The second kappa shape index (κ2) is 7.97. The van der Waals surface area contributed by atoms with Crippen LogP contribution in [-0.2, 0) is 11.3 Å². The van der Waals surface area contributed by atoms with Crippen molar-refractivity contribution in [1.29, 1.82) is 0 Å². The minimum atomic E-state index is -0.782. The maximum Gasteiger partial charge on any atom is 0.317 e. The highest BCUT2D eigenvalue weighted by Gasteiger charge is 2.19. The lowest BCUT2D eigenvalue weighted by Crippen LogP contribution is -2.38. The zero-order valence-electron chi connectivity index (χ0n) is 12.8. The van der Waals surface area contributed by atoms with Crippen molar-refractivity contribution in [1.82, 2.24) is 15.2 Å². The van der Waals surface area contributed by atoms with Crippen molar-refractivity contribution >= 4 is 23.3 Å². The number of rotatable bonds is 8. The van der Waals surface area contributed by atoms with Gasteiger partial charge in [-0.2, -0.15) is 0 Å². The van der Waals surface area contributed by atoms with Gasteiger partial charge in [-0.05, 0) is 18.3 Å². The fourth-order valence-corrected chi connectivity index (χ4v) is 2.39. The number of aromatic nitrogens is 1. The van der Waals surface area contributed by atoms with Crippen LogP contribution in [0.25, 0.3) is 0 Å². The van der Waals surface area contributed by atoms with Crippen LogP contribution in [-0.4, -0.2) is 40.6 Å². The number of thiazole rings is 1. The molecule has 0 aromatic carbocycles. The highest BCUT2D eigenvalue weighted by molar-refractivity contribution is 7.07. The monoisotopic (exact) mass is 313 g/mol. The second-order valence-electron chi connectivity index (χ2n) is 5.88. The van der Waals surface area contributed by atoms with Crippen LogP contribution in [0.4, 0.5) is 4.79 Å². The molecule has 1 aromatic heterocycles. The average Bonchev–Trinajstić information content (AvgIpc) is 2.89. The summed E-state index contributed by atoms with van der Waals surface area (Å²) in [6.07, 6.45) is 1.51. The normalized spacial score (nSPS) is 11.2. The van der Waals surface area contributed by atoms with E-state index in [-0.39, 0.29) is 17.9 Å². The first kappa shape index (κ1) is 17.4. The molecule has 1 aromatic rings. The van der Waals surface area contributed by atoms with Crippen LogP contribution in [0, 0.1) is 5.41 Å². The quantitative estimate of drug-likeness (QED) is 0.772. The van der Waals surface area contributed by atoms with Crippen molar-refractivity contribution in [2.45, 2.75) is 39.7 Å². The molecule has 1 heterocycles. The van der Waals surface area contributed by atoms with Gasteiger partial charge in [0, 0.05) is 25.4 Å². The molecule has 0 saturated heterocycles. The van der Waals surface area contributed by atoms with E-state index in [0.29, 0.717) is 19.5 Å². The molecular weight excluding hydrogens is 290 g/mol. The van der Waals surface area contributed by atoms with E-state index in [4.69, 9.17) is 5.11 Å². The minimum Gasteiger partial charge on any atom is -0.481 e. The Morgan fingerprint density at radius 1 is 1.43 bits per heavy atom. The number of aliphatic carboxylic acids is 1. The van der Waals surface area contributed by atoms with E-state index in [1.54, 1.807) is 17.5 Å². The first-order valence-electron chi connectivity index (χ1n) is 6.88. The van der Waals surface area contributed by atoms with Gasteiger partial charge in [0.15, 0.2) is 0 Å². The molecule has 118 valence electrons. The number of carbonyl (C=O) groups excluding carboxylic acids is 1. The van der Waals surface area contributed by atoms with Gasteiger partial charge in [-0.1, -0.05) is 13.8 Å². The number of carbonyl (C=O) groups is 2. The Kier molecular flexibility index (Phi) is 6.61. The summed E-state index contributed by atoms with van der Waals surface area (Å²) >= 11 is 1.50. The van der Waals surface area contributed by atoms with Crippen LogP contribution in [0.3, 0.4) is 0 Å². The van der Waals surface area contributed by atoms with Gasteiger partial charge in [0.05, 0.1) is 17.7 Å². The van der Waals surface area contributed by atoms with Gasteiger partial charge >= 0.3 is 12.0 Å². The van der Waals surface area contributed by atoms with Gasteiger partial charge in [0.1, 0.15) is 0 Å². The molecule has 0 fully saturated rings. The SMILES string of the molecule is CN(Cc1cscn1)C(=O)NCCC(C)(C)CCC(=O)O. The Morgan fingerprint density at radius 3 is 2.71 bits per heavy atom. The summed E-state index contributed by atoms with van der Waals surface area (Å²) in [4.78, 5) is 28.2. The van der Waals surface area contributed by atoms with Gasteiger partial charge in [0.25, 0.3) is 0 Å². The fraction of sp³-hybridized carbons (Fsp3) is 0.643. The number of amides is 2. The summed E-state index contributed by atoms with van der Waals surface area (Å²) in [6, 6.07) is -0.142. The molecule has 0 radical (unpaired) electrons. The molecule has 0 unspecified atom stereocenters. The van der Waals surface area contributed by atoms with Crippen molar-refractivity contribution in [2.75, 3.05) is 13.6 Å². The summed E-state index contributed by atoms with van der Waals surface area (Å²) in [5.74, 6) is -0.782. The molecule has 1 rings (SSSR count). The molecule has 0 bridgehead atoms. The van der Waals surface area contributed by atoms with Gasteiger partial charge in [-0.15, -0.1) is 11.3 Å². The Morgan fingerprint density at radius 2 is 2.14 bits per heavy atom. The number of hydrogen-bond acceptors (Lipinski definition) is 4. The van der Waals surface area contributed by atoms with Crippen LogP contribution in [0.1, 0.15) is 38.8 Å². The van der Waals surface area contributed by atoms with Crippen LogP contribution in [0.5, 0.6) is 0 Å². The number of hydrogen-bond donors (Lipinski definition) is 2. The fourth-order valence-electron chi connectivity index (χ4n) is 1.84. The summed E-state index contributed by atoms with van der Waals surface area (Å²) in [7, 11) is 1.73. The smallest absolute Gasteiger partial charge is 0.317 e. The van der Waals surface area contributed by atoms with E-state index in [0.717, 1.165) is 12.1 Å². The second-order valence-corrected chi connectivity index (χ2v) is 6.59. The summed E-state index contributed by atoms with van der Waals surface area (Å²) in [5, 5.41) is 13.5. The van der Waals surface area contributed by atoms with Gasteiger partial charge in [-0.3, -0.25) is 4.79 Å². The van der Waals surface area contributed by atoms with E-state index in [2.05, 4.69) is 10.3 Å². The largest absolute Gasteiger partial charge is 0.481 e. The third-order valence-corrected chi connectivity index (χ3v) is 3.96. The first-order chi connectivity index (χ1) is 9.80. The molecule has 2 amide bonds. The van der Waals surface area contributed by atoms with Crippen LogP contribution in [0.2, 0.25) is 0 Å². The van der Waals surface area contributed by atoms with Crippen molar-refractivity contribution in [3.8, 4) is 0 Å². The number of urea groups is 1. The van der Waals surface area contributed by atoms with E-state index in [1.807, 2.05) is 19.2 Å². The molecule has 0 aliphatic rings. The maximum absolute atomic E-state index is 11.9. The van der Waals surface area contributed by atoms with E-state index in [1.165, 1.54) is 11.3 Å². The van der Waals surface area contributed by atoms with Gasteiger partial charge < -0.3 is 15.3 Å². The van der Waals surface area contributed by atoms with E-state index >= 15 is 0 Å². The highest BCUT2D eigenvalue weighted by atomic mass is 32.1. The topological polar surface area (TPSA) is 82.5 Å². The lowest BCUT2D eigenvalue weighted by molar-refractivity contribution is -0.137. The highest BCUT2D eigenvalue weighted by Crippen LogP contribution is 2.25. The van der Waals surface area contributed by atoms with Gasteiger partial charge in [0.2, 0.25) is 0 Å². The van der Waals surface area contributed by atoms with Crippen molar-refractivity contribution in [3.63, 3.8) is 0 Å². The molecule has 0 spiro atoms. The lowest BCUT2D eigenvalue weighted by atomic mass is 9.84. The standard InChI is InChI=1S/C14H23N3O3S/c1-14(2,5-4-12(18)19)6-7-15-13(20)17(3)8-11-9-21-10-16-11/h9-10H,4-8H2,1-3H3,(H,15,20)(H,18,19). The lowest BCUT2D eigenvalue weighted by Gasteiger charge is -2.24. The number of carboxylic acid groups (broad SMARTS) is 1. The van der Waals surface area contributed by atoms with Crippen molar-refractivity contribution in [2.24, 2.45) is 5.41 Å². The molecule has 0 aliphatic heterocycles. The third kappa shape index (κ3) is 7.08. The van der Waals surface area contributed by atoms with Crippen LogP contribution >= 0.6 is 11.3 Å². The Bertz CT molecular complexity index is 460. The zero-order valence-corrected chi connectivity index (χ0v) is 13.6. The number of nitrogens with zero attached hydrogens (tertiary/aromatic N) is 2. The predicted octanol–water partition coefficient (Wildman–Crippen LogP) is 2.57. The van der Waals surface area contributed by atoms with Crippen molar-refractivity contribution < 1.29 is 14.7 Å². The summed E-state index contributed by atoms with van der Waals surface area (Å²) < 4.78 is 0. The van der Waals surface area contributed by atoms with Crippen LogP contribution in [0.15, 0.2) is 10.9 Å².